The van der Waals surface area contributed by atoms with E-state index < -0.39 is 0 Å². The topological polar surface area (TPSA) is 65.2 Å². The van der Waals surface area contributed by atoms with Crippen LogP contribution in [0.1, 0.15) is 23.3 Å². The van der Waals surface area contributed by atoms with E-state index in [9.17, 15) is 9.59 Å². The van der Waals surface area contributed by atoms with Crippen LogP contribution in [0, 0.1) is 0 Å². The van der Waals surface area contributed by atoms with Crippen molar-refractivity contribution in [3.05, 3.63) is 36.7 Å². The standard InChI is InChI=1S/C13H17N3O2/c1-2-7-15-12(17)11-6-4-9-16(11)13(18)10-5-3-8-14-10/h2-3,5,8,11,14H,1,4,6-7,9H2,(H,15,17). The molecule has 1 saturated heterocycles. The highest BCUT2D eigenvalue weighted by Crippen LogP contribution is 2.19. The van der Waals surface area contributed by atoms with Gasteiger partial charge in [0.05, 0.1) is 0 Å². The molecule has 5 nitrogen and oxygen atoms in total. The van der Waals surface area contributed by atoms with Crippen molar-refractivity contribution in [2.24, 2.45) is 0 Å². The van der Waals surface area contributed by atoms with E-state index in [-0.39, 0.29) is 17.9 Å². The number of likely N-dealkylation sites (tertiary alicyclic amines) is 1. The molecule has 1 aliphatic rings. The number of carbonyl (C=O) groups excluding carboxylic acids is 2. The van der Waals surface area contributed by atoms with Crippen LogP contribution < -0.4 is 5.32 Å². The Bertz CT molecular complexity index is 439. The average Bonchev–Trinajstić information content (AvgIpc) is 3.04. The predicted octanol–water partition coefficient (Wildman–Crippen LogP) is 0.921. The van der Waals surface area contributed by atoms with Crippen LogP contribution in [0.2, 0.25) is 0 Å². The van der Waals surface area contributed by atoms with Gasteiger partial charge in [-0.1, -0.05) is 6.08 Å². The monoisotopic (exact) mass is 247 g/mol. The molecule has 2 heterocycles. The summed E-state index contributed by atoms with van der Waals surface area (Å²) in [4.78, 5) is 28.6. The molecule has 0 aromatic carbocycles. The minimum Gasteiger partial charge on any atom is -0.357 e. The smallest absolute Gasteiger partial charge is 0.270 e. The van der Waals surface area contributed by atoms with Gasteiger partial charge in [-0.05, 0) is 25.0 Å². The summed E-state index contributed by atoms with van der Waals surface area (Å²) in [6.45, 7) is 4.61. The van der Waals surface area contributed by atoms with Crippen molar-refractivity contribution in [3.8, 4) is 0 Å². The number of rotatable bonds is 4. The van der Waals surface area contributed by atoms with Crippen molar-refractivity contribution in [1.82, 2.24) is 15.2 Å². The molecular formula is C13H17N3O2. The van der Waals surface area contributed by atoms with E-state index in [4.69, 9.17) is 0 Å². The number of amides is 2. The molecule has 1 aliphatic heterocycles. The Morgan fingerprint density at radius 3 is 3.11 bits per heavy atom. The molecule has 0 bridgehead atoms. The van der Waals surface area contributed by atoms with Gasteiger partial charge in [0.15, 0.2) is 0 Å². The first kappa shape index (κ1) is 12.4. The van der Waals surface area contributed by atoms with Gasteiger partial charge < -0.3 is 15.2 Å². The van der Waals surface area contributed by atoms with Gasteiger partial charge in [-0.2, -0.15) is 0 Å². The second-order valence-electron chi connectivity index (χ2n) is 4.27. The van der Waals surface area contributed by atoms with Crippen molar-refractivity contribution in [2.45, 2.75) is 18.9 Å². The lowest BCUT2D eigenvalue weighted by atomic mass is 10.2. The number of nitrogens with zero attached hydrogens (tertiary/aromatic N) is 1. The number of aromatic nitrogens is 1. The van der Waals surface area contributed by atoms with Crippen molar-refractivity contribution in [1.29, 1.82) is 0 Å². The summed E-state index contributed by atoms with van der Waals surface area (Å²) in [5.41, 5.74) is 0.526. The number of aromatic amines is 1. The minimum atomic E-state index is -0.360. The fourth-order valence-electron chi connectivity index (χ4n) is 2.19. The van der Waals surface area contributed by atoms with Crippen molar-refractivity contribution in [3.63, 3.8) is 0 Å². The van der Waals surface area contributed by atoms with Gasteiger partial charge in [-0.15, -0.1) is 6.58 Å². The summed E-state index contributed by atoms with van der Waals surface area (Å²) in [6.07, 6.45) is 4.91. The Morgan fingerprint density at radius 2 is 2.44 bits per heavy atom. The fraction of sp³-hybridized carbons (Fsp3) is 0.385. The summed E-state index contributed by atoms with van der Waals surface area (Å²) in [5.74, 6) is -0.219. The van der Waals surface area contributed by atoms with Crippen molar-refractivity contribution < 1.29 is 9.59 Å². The third-order valence-corrected chi connectivity index (χ3v) is 3.07. The lowest BCUT2D eigenvalue weighted by Gasteiger charge is -2.23. The van der Waals surface area contributed by atoms with E-state index >= 15 is 0 Å². The van der Waals surface area contributed by atoms with Gasteiger partial charge in [0.25, 0.3) is 5.91 Å². The van der Waals surface area contributed by atoms with E-state index in [1.54, 1.807) is 29.3 Å². The van der Waals surface area contributed by atoms with Crippen LogP contribution in [0.4, 0.5) is 0 Å². The van der Waals surface area contributed by atoms with E-state index in [2.05, 4.69) is 16.9 Å². The van der Waals surface area contributed by atoms with E-state index in [0.29, 0.717) is 18.8 Å². The van der Waals surface area contributed by atoms with Gasteiger partial charge in [0, 0.05) is 19.3 Å². The molecule has 0 spiro atoms. The lowest BCUT2D eigenvalue weighted by Crippen LogP contribution is -2.46. The van der Waals surface area contributed by atoms with Crippen LogP contribution in [0.15, 0.2) is 31.0 Å². The summed E-state index contributed by atoms with van der Waals surface area (Å²) in [5, 5.41) is 2.74. The summed E-state index contributed by atoms with van der Waals surface area (Å²) >= 11 is 0. The summed E-state index contributed by atoms with van der Waals surface area (Å²) < 4.78 is 0. The molecule has 0 radical (unpaired) electrons. The maximum atomic E-state index is 12.2. The quantitative estimate of drug-likeness (QED) is 0.777. The van der Waals surface area contributed by atoms with Gasteiger partial charge >= 0.3 is 0 Å². The Hall–Kier alpha value is -2.04. The molecule has 1 fully saturated rings. The summed E-state index contributed by atoms with van der Waals surface area (Å²) in [6, 6.07) is 3.14. The molecule has 0 aliphatic carbocycles. The SMILES string of the molecule is C=CCNC(=O)C1CCCN1C(=O)c1ccc[nH]1. The lowest BCUT2D eigenvalue weighted by molar-refractivity contribution is -0.124. The fourth-order valence-corrected chi connectivity index (χ4v) is 2.19. The molecule has 2 rings (SSSR count). The number of hydrogen-bond acceptors (Lipinski definition) is 2. The average molecular weight is 247 g/mol. The molecule has 2 amide bonds. The molecule has 1 aromatic rings. The third kappa shape index (κ3) is 2.45. The zero-order chi connectivity index (χ0) is 13.0. The van der Waals surface area contributed by atoms with E-state index in [1.807, 2.05) is 0 Å². The maximum absolute atomic E-state index is 12.2. The second kappa shape index (κ2) is 5.53. The van der Waals surface area contributed by atoms with Crippen LogP contribution in [-0.2, 0) is 4.79 Å². The van der Waals surface area contributed by atoms with Crippen LogP contribution in [0.3, 0.4) is 0 Å². The zero-order valence-corrected chi connectivity index (χ0v) is 10.2. The largest absolute Gasteiger partial charge is 0.357 e. The maximum Gasteiger partial charge on any atom is 0.270 e. The predicted molar refractivity (Wildman–Crippen MR) is 68.1 cm³/mol. The molecule has 1 aromatic heterocycles. The molecule has 1 atom stereocenters. The van der Waals surface area contributed by atoms with E-state index in [1.165, 1.54) is 0 Å². The van der Waals surface area contributed by atoms with Gasteiger partial charge in [-0.3, -0.25) is 9.59 Å². The van der Waals surface area contributed by atoms with Crippen LogP contribution >= 0.6 is 0 Å². The first-order chi connectivity index (χ1) is 8.74. The minimum absolute atomic E-state index is 0.104. The number of nitrogens with one attached hydrogen (secondary N) is 2. The Balaban J connectivity index is 2.05. The normalized spacial score (nSPS) is 18.7. The Kier molecular flexibility index (Phi) is 3.82. The molecule has 18 heavy (non-hydrogen) atoms. The van der Waals surface area contributed by atoms with Crippen LogP contribution in [-0.4, -0.2) is 40.8 Å². The van der Waals surface area contributed by atoms with Crippen LogP contribution in [0.5, 0.6) is 0 Å². The summed E-state index contributed by atoms with van der Waals surface area (Å²) in [7, 11) is 0. The second-order valence-corrected chi connectivity index (χ2v) is 4.27. The molecule has 5 heteroatoms. The van der Waals surface area contributed by atoms with Crippen molar-refractivity contribution >= 4 is 11.8 Å². The first-order valence-corrected chi connectivity index (χ1v) is 6.07. The molecule has 2 N–H and O–H groups in total. The highest BCUT2D eigenvalue weighted by Gasteiger charge is 2.34. The molecular weight excluding hydrogens is 230 g/mol. The van der Waals surface area contributed by atoms with E-state index in [0.717, 1.165) is 12.8 Å². The number of H-pyrrole nitrogens is 1. The third-order valence-electron chi connectivity index (χ3n) is 3.07. The highest BCUT2D eigenvalue weighted by molar-refractivity contribution is 5.96. The van der Waals surface area contributed by atoms with Gasteiger partial charge in [0.2, 0.25) is 5.91 Å². The molecule has 0 saturated carbocycles. The Morgan fingerprint density at radius 1 is 1.61 bits per heavy atom. The number of hydrogen-bond donors (Lipinski definition) is 2. The first-order valence-electron chi connectivity index (χ1n) is 6.07. The van der Waals surface area contributed by atoms with Crippen molar-refractivity contribution in [2.75, 3.05) is 13.1 Å². The van der Waals surface area contributed by atoms with Gasteiger partial charge in [0.1, 0.15) is 11.7 Å². The molecule has 96 valence electrons. The van der Waals surface area contributed by atoms with Crippen LogP contribution in [0.25, 0.3) is 0 Å². The number of carbonyl (C=O) groups is 2. The highest BCUT2D eigenvalue weighted by atomic mass is 16.2. The zero-order valence-electron chi connectivity index (χ0n) is 10.2. The Labute approximate surface area is 106 Å². The van der Waals surface area contributed by atoms with Gasteiger partial charge in [-0.25, -0.2) is 0 Å². The molecule has 1 unspecified atom stereocenters.